The first-order chi connectivity index (χ1) is 9.31. The van der Waals surface area contributed by atoms with E-state index in [1.165, 1.54) is 6.92 Å². The lowest BCUT2D eigenvalue weighted by Gasteiger charge is -2.34. The second kappa shape index (κ2) is 7.02. The fourth-order valence-electron chi connectivity index (χ4n) is 2.32. The molecule has 1 aromatic carbocycles. The molecule has 0 aliphatic heterocycles. The SMILES string of the molecule is CCCC(O)(c1ccc(OC(C)C)cc1)C(C)C(F)F. The van der Waals surface area contributed by atoms with E-state index in [2.05, 4.69) is 0 Å². The Bertz CT molecular complexity index is 403. The second-order valence-corrected chi connectivity index (χ2v) is 5.49. The van der Waals surface area contributed by atoms with Gasteiger partial charge in [0.2, 0.25) is 6.43 Å². The highest BCUT2D eigenvalue weighted by atomic mass is 19.3. The average molecular weight is 286 g/mol. The summed E-state index contributed by atoms with van der Waals surface area (Å²) in [5.41, 5.74) is -0.984. The van der Waals surface area contributed by atoms with Crippen molar-refractivity contribution in [3.63, 3.8) is 0 Å². The molecule has 4 heteroatoms. The molecule has 0 radical (unpaired) electrons. The lowest BCUT2D eigenvalue weighted by Crippen LogP contribution is -2.37. The third kappa shape index (κ3) is 3.92. The highest BCUT2D eigenvalue weighted by Crippen LogP contribution is 2.38. The molecule has 0 saturated heterocycles. The molecule has 1 rings (SSSR count). The fourth-order valence-corrected chi connectivity index (χ4v) is 2.32. The van der Waals surface area contributed by atoms with Gasteiger partial charge in [-0.2, -0.15) is 0 Å². The van der Waals surface area contributed by atoms with Crippen molar-refractivity contribution in [1.82, 2.24) is 0 Å². The third-order valence-electron chi connectivity index (χ3n) is 3.49. The predicted molar refractivity (Wildman–Crippen MR) is 76.2 cm³/mol. The number of benzene rings is 1. The van der Waals surface area contributed by atoms with E-state index in [0.717, 1.165) is 0 Å². The lowest BCUT2D eigenvalue weighted by molar-refractivity contribution is -0.0879. The zero-order valence-electron chi connectivity index (χ0n) is 12.6. The van der Waals surface area contributed by atoms with Crippen LogP contribution >= 0.6 is 0 Å². The van der Waals surface area contributed by atoms with Crippen LogP contribution in [0.5, 0.6) is 5.75 Å². The van der Waals surface area contributed by atoms with Crippen molar-refractivity contribution in [2.45, 2.75) is 58.7 Å². The van der Waals surface area contributed by atoms with Crippen LogP contribution in [0.2, 0.25) is 0 Å². The minimum Gasteiger partial charge on any atom is -0.491 e. The summed E-state index contributed by atoms with van der Waals surface area (Å²) in [6.45, 7) is 7.10. The summed E-state index contributed by atoms with van der Waals surface area (Å²) >= 11 is 0. The summed E-state index contributed by atoms with van der Waals surface area (Å²) in [7, 11) is 0. The van der Waals surface area contributed by atoms with Gasteiger partial charge >= 0.3 is 0 Å². The number of ether oxygens (including phenoxy) is 1. The van der Waals surface area contributed by atoms with Gasteiger partial charge in [0.1, 0.15) is 5.75 Å². The van der Waals surface area contributed by atoms with Crippen molar-refractivity contribution in [3.8, 4) is 5.75 Å². The van der Waals surface area contributed by atoms with Gasteiger partial charge < -0.3 is 9.84 Å². The molecule has 0 fully saturated rings. The van der Waals surface area contributed by atoms with Gasteiger partial charge in [0.05, 0.1) is 17.6 Å². The number of alkyl halides is 2. The maximum atomic E-state index is 13.0. The van der Waals surface area contributed by atoms with Crippen LogP contribution in [-0.2, 0) is 5.60 Å². The molecule has 20 heavy (non-hydrogen) atoms. The van der Waals surface area contributed by atoms with Crippen LogP contribution in [0, 0.1) is 5.92 Å². The maximum absolute atomic E-state index is 13.0. The van der Waals surface area contributed by atoms with Gasteiger partial charge in [-0.15, -0.1) is 0 Å². The van der Waals surface area contributed by atoms with Gasteiger partial charge in [-0.05, 0) is 38.0 Å². The number of halogens is 2. The number of rotatable bonds is 7. The first kappa shape index (κ1) is 16.9. The Hall–Kier alpha value is -1.16. The van der Waals surface area contributed by atoms with Crippen LogP contribution in [0.15, 0.2) is 24.3 Å². The normalized spacial score (nSPS) is 16.2. The van der Waals surface area contributed by atoms with E-state index in [-0.39, 0.29) is 6.10 Å². The van der Waals surface area contributed by atoms with Crippen molar-refractivity contribution in [2.24, 2.45) is 5.92 Å². The molecule has 2 unspecified atom stereocenters. The first-order valence-corrected chi connectivity index (χ1v) is 7.09. The summed E-state index contributed by atoms with van der Waals surface area (Å²) in [4.78, 5) is 0. The topological polar surface area (TPSA) is 29.5 Å². The Kier molecular flexibility index (Phi) is 5.93. The van der Waals surface area contributed by atoms with E-state index in [9.17, 15) is 13.9 Å². The van der Waals surface area contributed by atoms with E-state index >= 15 is 0 Å². The summed E-state index contributed by atoms with van der Waals surface area (Å²) < 4.78 is 31.5. The van der Waals surface area contributed by atoms with Gasteiger partial charge in [-0.3, -0.25) is 0 Å². The van der Waals surface area contributed by atoms with E-state index in [0.29, 0.717) is 24.2 Å². The second-order valence-electron chi connectivity index (χ2n) is 5.49. The van der Waals surface area contributed by atoms with Gasteiger partial charge in [0.15, 0.2) is 0 Å². The highest BCUT2D eigenvalue weighted by molar-refractivity contribution is 5.31. The molecule has 0 aliphatic rings. The molecule has 114 valence electrons. The zero-order valence-corrected chi connectivity index (χ0v) is 12.6. The highest BCUT2D eigenvalue weighted by Gasteiger charge is 2.39. The van der Waals surface area contributed by atoms with Crippen molar-refractivity contribution in [1.29, 1.82) is 0 Å². The molecule has 0 aromatic heterocycles. The fraction of sp³-hybridized carbons (Fsp3) is 0.625. The lowest BCUT2D eigenvalue weighted by atomic mass is 9.79. The Labute approximate surface area is 119 Å². The Morgan fingerprint density at radius 1 is 1.15 bits per heavy atom. The maximum Gasteiger partial charge on any atom is 0.244 e. The van der Waals surface area contributed by atoms with Crippen molar-refractivity contribution in [2.75, 3.05) is 0 Å². The smallest absolute Gasteiger partial charge is 0.244 e. The summed E-state index contributed by atoms with van der Waals surface area (Å²) in [5.74, 6) is -0.438. The molecule has 0 spiro atoms. The number of hydrogen-bond acceptors (Lipinski definition) is 2. The van der Waals surface area contributed by atoms with Crippen LogP contribution in [-0.4, -0.2) is 17.6 Å². The predicted octanol–water partition coefficient (Wildman–Crippen LogP) is 4.36. The third-order valence-corrected chi connectivity index (χ3v) is 3.49. The minimum absolute atomic E-state index is 0.0513. The quantitative estimate of drug-likeness (QED) is 0.807. The van der Waals surface area contributed by atoms with Crippen molar-refractivity contribution in [3.05, 3.63) is 29.8 Å². The van der Waals surface area contributed by atoms with E-state index in [1.54, 1.807) is 24.3 Å². The molecule has 0 amide bonds. The van der Waals surface area contributed by atoms with Crippen LogP contribution < -0.4 is 4.74 Å². The molecule has 0 aliphatic carbocycles. The van der Waals surface area contributed by atoms with Crippen molar-refractivity contribution < 1.29 is 18.6 Å². The Balaban J connectivity index is 3.03. The molecule has 0 bridgehead atoms. The molecular weight excluding hydrogens is 262 g/mol. The van der Waals surface area contributed by atoms with Crippen LogP contribution in [0.1, 0.15) is 46.1 Å². The standard InChI is InChI=1S/C16H24F2O2/c1-5-10-16(19,12(4)15(17)18)13-6-8-14(9-7-13)20-11(2)3/h6-9,11-12,15,19H,5,10H2,1-4H3. The summed E-state index contributed by atoms with van der Waals surface area (Å²) in [6, 6.07) is 6.78. The molecule has 1 aromatic rings. The molecule has 2 nitrogen and oxygen atoms in total. The molecule has 0 saturated carbocycles. The number of aliphatic hydroxyl groups is 1. The molecule has 1 N–H and O–H groups in total. The van der Waals surface area contributed by atoms with Gasteiger partial charge in [-0.1, -0.05) is 32.4 Å². The largest absolute Gasteiger partial charge is 0.491 e. The van der Waals surface area contributed by atoms with E-state index < -0.39 is 17.9 Å². The summed E-state index contributed by atoms with van der Waals surface area (Å²) in [5, 5.41) is 10.7. The van der Waals surface area contributed by atoms with Crippen LogP contribution in [0.3, 0.4) is 0 Å². The first-order valence-electron chi connectivity index (χ1n) is 7.09. The monoisotopic (exact) mass is 286 g/mol. The number of hydrogen-bond donors (Lipinski definition) is 1. The van der Waals surface area contributed by atoms with Gasteiger partial charge in [0.25, 0.3) is 0 Å². The van der Waals surface area contributed by atoms with E-state index in [4.69, 9.17) is 4.74 Å². The minimum atomic E-state index is -2.56. The molecule has 2 atom stereocenters. The zero-order chi connectivity index (χ0) is 15.3. The Morgan fingerprint density at radius 3 is 2.10 bits per heavy atom. The van der Waals surface area contributed by atoms with Crippen LogP contribution in [0.25, 0.3) is 0 Å². The van der Waals surface area contributed by atoms with Gasteiger partial charge in [0, 0.05) is 0 Å². The Morgan fingerprint density at radius 2 is 1.70 bits per heavy atom. The summed E-state index contributed by atoms with van der Waals surface area (Å²) in [6.07, 6.45) is -1.56. The van der Waals surface area contributed by atoms with Crippen molar-refractivity contribution >= 4 is 0 Å². The van der Waals surface area contributed by atoms with Crippen LogP contribution in [0.4, 0.5) is 8.78 Å². The molecule has 0 heterocycles. The van der Waals surface area contributed by atoms with E-state index in [1.807, 2.05) is 20.8 Å². The average Bonchev–Trinajstić information content (AvgIpc) is 2.38. The molecular formula is C16H24F2O2. The van der Waals surface area contributed by atoms with Gasteiger partial charge in [-0.25, -0.2) is 8.78 Å².